The molecule has 0 bridgehead atoms. The van der Waals surface area contributed by atoms with Crippen LogP contribution in [0.15, 0.2) is 17.5 Å². The highest BCUT2D eigenvalue weighted by atomic mass is 32.1. The molecule has 1 aliphatic carbocycles. The summed E-state index contributed by atoms with van der Waals surface area (Å²) >= 11 is 3.33. The molecule has 0 aromatic carbocycles. The van der Waals surface area contributed by atoms with E-state index in [1.807, 2.05) is 11.3 Å². The van der Waals surface area contributed by atoms with Crippen molar-refractivity contribution in [2.24, 2.45) is 5.84 Å². The maximum atomic E-state index is 5.32. The number of anilines is 1. The number of hydrogen-bond acceptors (Lipinski definition) is 7. The summed E-state index contributed by atoms with van der Waals surface area (Å²) < 4.78 is 0. The van der Waals surface area contributed by atoms with Crippen LogP contribution in [-0.2, 0) is 13.1 Å². The third-order valence-corrected chi connectivity index (χ3v) is 4.63. The molecule has 0 radical (unpaired) electrons. The highest BCUT2D eigenvalue weighted by Gasteiger charge is 2.29. The van der Waals surface area contributed by atoms with Gasteiger partial charge < -0.3 is 0 Å². The Morgan fingerprint density at radius 3 is 2.89 bits per heavy atom. The molecule has 0 atom stereocenters. The Hall–Kier alpha value is -1.02. The molecule has 2 heterocycles. The molecular formula is C11H15N5S2. The zero-order valence-electron chi connectivity index (χ0n) is 9.87. The molecule has 0 unspecified atom stereocenters. The van der Waals surface area contributed by atoms with E-state index in [0.717, 1.165) is 18.1 Å². The summed E-state index contributed by atoms with van der Waals surface area (Å²) in [7, 11) is 0. The second-order valence-corrected chi connectivity index (χ2v) is 6.46. The van der Waals surface area contributed by atoms with Crippen molar-refractivity contribution in [2.75, 3.05) is 5.43 Å². The molecule has 0 amide bonds. The van der Waals surface area contributed by atoms with Crippen molar-refractivity contribution in [1.29, 1.82) is 0 Å². The number of hydrogen-bond donors (Lipinski definition) is 2. The second-order valence-electron chi connectivity index (χ2n) is 4.36. The van der Waals surface area contributed by atoms with E-state index in [1.54, 1.807) is 0 Å². The maximum Gasteiger partial charge on any atom is 0.219 e. The number of aromatic nitrogens is 2. The molecule has 1 fully saturated rings. The average molecular weight is 281 g/mol. The number of nitrogen functional groups attached to an aromatic ring is 1. The highest BCUT2D eigenvalue weighted by molar-refractivity contribution is 7.15. The van der Waals surface area contributed by atoms with Gasteiger partial charge in [-0.05, 0) is 24.3 Å². The minimum absolute atomic E-state index is 0.678. The van der Waals surface area contributed by atoms with Crippen LogP contribution >= 0.6 is 22.7 Å². The van der Waals surface area contributed by atoms with E-state index in [1.165, 1.54) is 29.1 Å². The molecule has 1 aliphatic rings. The maximum absolute atomic E-state index is 5.32. The third-order valence-electron chi connectivity index (χ3n) is 2.93. The van der Waals surface area contributed by atoms with E-state index >= 15 is 0 Å². The van der Waals surface area contributed by atoms with Gasteiger partial charge in [0.25, 0.3) is 0 Å². The fraction of sp³-hybridized carbons (Fsp3) is 0.455. The predicted molar refractivity (Wildman–Crippen MR) is 74.3 cm³/mol. The van der Waals surface area contributed by atoms with Crippen molar-refractivity contribution in [1.82, 2.24) is 15.1 Å². The number of thiophene rings is 1. The predicted octanol–water partition coefficient (Wildman–Crippen LogP) is 2.05. The lowest BCUT2D eigenvalue weighted by Gasteiger charge is -2.19. The Bertz CT molecular complexity index is 491. The molecule has 3 rings (SSSR count). The van der Waals surface area contributed by atoms with Gasteiger partial charge in [-0.25, -0.2) is 5.84 Å². The Kier molecular flexibility index (Phi) is 3.55. The van der Waals surface area contributed by atoms with Gasteiger partial charge in [-0.1, -0.05) is 17.4 Å². The second kappa shape index (κ2) is 5.31. The fourth-order valence-electron chi connectivity index (χ4n) is 1.91. The lowest BCUT2D eigenvalue weighted by Crippen LogP contribution is -2.24. The number of hydrazine groups is 1. The first kappa shape index (κ1) is 12.0. The summed E-state index contributed by atoms with van der Waals surface area (Å²) in [6.45, 7) is 1.87. The molecular weight excluding hydrogens is 266 g/mol. The van der Waals surface area contributed by atoms with Crippen LogP contribution in [0.5, 0.6) is 0 Å². The molecule has 96 valence electrons. The first-order chi connectivity index (χ1) is 8.85. The van der Waals surface area contributed by atoms with Crippen molar-refractivity contribution >= 4 is 27.8 Å². The van der Waals surface area contributed by atoms with Crippen LogP contribution in [0.2, 0.25) is 0 Å². The van der Waals surface area contributed by atoms with E-state index in [0.29, 0.717) is 11.2 Å². The molecule has 18 heavy (non-hydrogen) atoms. The summed E-state index contributed by atoms with van der Waals surface area (Å²) in [5, 5.41) is 12.0. The molecule has 2 aromatic heterocycles. The minimum atomic E-state index is 0.678. The van der Waals surface area contributed by atoms with Crippen LogP contribution in [0.1, 0.15) is 22.7 Å². The van der Waals surface area contributed by atoms with Crippen molar-refractivity contribution in [2.45, 2.75) is 32.0 Å². The van der Waals surface area contributed by atoms with E-state index in [4.69, 9.17) is 5.84 Å². The molecule has 5 nitrogen and oxygen atoms in total. The summed E-state index contributed by atoms with van der Waals surface area (Å²) in [5.74, 6) is 5.32. The third kappa shape index (κ3) is 2.86. The highest BCUT2D eigenvalue weighted by Crippen LogP contribution is 2.31. The van der Waals surface area contributed by atoms with Crippen molar-refractivity contribution in [3.63, 3.8) is 0 Å². The van der Waals surface area contributed by atoms with E-state index < -0.39 is 0 Å². The van der Waals surface area contributed by atoms with E-state index in [-0.39, 0.29) is 0 Å². The standard InChI is InChI=1S/C11H15N5S2/c12-13-11-15-14-10(18-11)7-16(8-3-4-8)6-9-2-1-5-17-9/h1-2,5,8H,3-4,6-7,12H2,(H,13,15). The zero-order valence-corrected chi connectivity index (χ0v) is 11.5. The normalized spacial score (nSPS) is 15.2. The Balaban J connectivity index is 1.66. The smallest absolute Gasteiger partial charge is 0.219 e. The molecule has 3 N–H and O–H groups in total. The summed E-state index contributed by atoms with van der Waals surface area (Å²) in [6.07, 6.45) is 2.60. The van der Waals surface area contributed by atoms with Gasteiger partial charge in [0.1, 0.15) is 5.01 Å². The lowest BCUT2D eigenvalue weighted by molar-refractivity contribution is 0.247. The summed E-state index contributed by atoms with van der Waals surface area (Å²) in [5.41, 5.74) is 2.54. The summed E-state index contributed by atoms with van der Waals surface area (Å²) in [6, 6.07) is 5.00. The van der Waals surface area contributed by atoms with Gasteiger partial charge in [-0.3, -0.25) is 10.3 Å². The van der Waals surface area contributed by atoms with Crippen LogP contribution < -0.4 is 11.3 Å². The van der Waals surface area contributed by atoms with Crippen molar-refractivity contribution < 1.29 is 0 Å². The Labute approximate surface area is 114 Å². The molecule has 0 spiro atoms. The monoisotopic (exact) mass is 281 g/mol. The van der Waals surface area contributed by atoms with Gasteiger partial charge in [0, 0.05) is 17.5 Å². The van der Waals surface area contributed by atoms with Crippen LogP contribution in [0, 0.1) is 0 Å². The number of nitrogens with zero attached hydrogens (tertiary/aromatic N) is 3. The number of nitrogens with two attached hydrogens (primary N) is 1. The van der Waals surface area contributed by atoms with Crippen molar-refractivity contribution in [3.05, 3.63) is 27.4 Å². The zero-order chi connectivity index (χ0) is 12.4. The minimum Gasteiger partial charge on any atom is -0.298 e. The van der Waals surface area contributed by atoms with Crippen molar-refractivity contribution in [3.8, 4) is 0 Å². The largest absolute Gasteiger partial charge is 0.298 e. The fourth-order valence-corrected chi connectivity index (χ4v) is 3.31. The first-order valence-electron chi connectivity index (χ1n) is 5.90. The Morgan fingerprint density at radius 1 is 1.39 bits per heavy atom. The van der Waals surface area contributed by atoms with Crippen LogP contribution in [0.25, 0.3) is 0 Å². The van der Waals surface area contributed by atoms with Gasteiger partial charge in [-0.2, -0.15) is 0 Å². The molecule has 2 aromatic rings. The number of rotatable bonds is 6. The molecule has 0 saturated heterocycles. The van der Waals surface area contributed by atoms with Gasteiger partial charge in [0.2, 0.25) is 5.13 Å². The van der Waals surface area contributed by atoms with E-state index in [9.17, 15) is 0 Å². The quantitative estimate of drug-likeness (QED) is 0.626. The van der Waals surface area contributed by atoms with E-state index in [2.05, 4.69) is 38.0 Å². The first-order valence-corrected chi connectivity index (χ1v) is 7.60. The topological polar surface area (TPSA) is 67.1 Å². The average Bonchev–Trinajstić information content (AvgIpc) is 2.92. The molecule has 7 heteroatoms. The van der Waals surface area contributed by atoms with Crippen LogP contribution in [0.4, 0.5) is 5.13 Å². The molecule has 1 saturated carbocycles. The van der Waals surface area contributed by atoms with Gasteiger partial charge in [0.05, 0.1) is 6.54 Å². The number of nitrogens with one attached hydrogen (secondary N) is 1. The molecule has 0 aliphatic heterocycles. The Morgan fingerprint density at radius 2 is 2.28 bits per heavy atom. The van der Waals surface area contributed by atoms with Crippen LogP contribution in [-0.4, -0.2) is 21.1 Å². The SMILES string of the molecule is NNc1nnc(CN(Cc2cccs2)C2CC2)s1. The van der Waals surface area contributed by atoms with Crippen LogP contribution in [0.3, 0.4) is 0 Å². The van der Waals surface area contributed by atoms with Gasteiger partial charge >= 0.3 is 0 Å². The lowest BCUT2D eigenvalue weighted by atomic mass is 10.4. The van der Waals surface area contributed by atoms with Gasteiger partial charge in [0.15, 0.2) is 0 Å². The summed E-state index contributed by atoms with van der Waals surface area (Å²) in [4.78, 5) is 3.88. The van der Waals surface area contributed by atoms with Gasteiger partial charge in [-0.15, -0.1) is 21.5 Å².